The average molecular weight is 465 g/mol. The molecule has 33 heavy (non-hydrogen) atoms. The minimum absolute atomic E-state index is 0.192. The Kier molecular flexibility index (Phi) is 9.24. The minimum atomic E-state index is -2.74. The summed E-state index contributed by atoms with van der Waals surface area (Å²) in [5.74, 6) is -5.02. The van der Waals surface area contributed by atoms with Gasteiger partial charge in [0, 0.05) is 10.7 Å². The molecule has 2 aromatic carbocycles. The zero-order chi connectivity index (χ0) is 27.5. The first-order valence-electron chi connectivity index (χ1n) is 11.5. The molecule has 0 saturated heterocycles. The first-order chi connectivity index (χ1) is 16.7. The lowest BCUT2D eigenvalue weighted by molar-refractivity contribution is -0.170. The van der Waals surface area contributed by atoms with Crippen molar-refractivity contribution < 1.29 is 43.7 Å². The van der Waals surface area contributed by atoms with E-state index in [1.54, 1.807) is 7.05 Å². The van der Waals surface area contributed by atoms with E-state index in [9.17, 15) is 14.4 Å². The standard InChI is InChI=1S/C18H23NO.C6H8O7/c1-15-9-7-8-12-17(15)18(20-14-13-19(2)3)16-10-5-4-6-11-16;7-3(8)1-6(13,5(11)12)2-4(9)10/h4-12,18H,13-14H2,1-3H3;13H,1-2H2,(H,7,8)(H,9,10)(H,11,12)/i2D3;. The van der Waals surface area contributed by atoms with Crippen LogP contribution in [0.2, 0.25) is 0 Å². The molecule has 180 valence electrons. The zero-order valence-electron chi connectivity index (χ0n) is 21.5. The number of ether oxygens (including phenoxy) is 1. The molecule has 0 fully saturated rings. The highest BCUT2D eigenvalue weighted by molar-refractivity contribution is 5.88. The molecule has 2 rings (SSSR count). The van der Waals surface area contributed by atoms with Crippen LogP contribution in [0.3, 0.4) is 0 Å². The lowest BCUT2D eigenvalue weighted by atomic mass is 9.96. The van der Waals surface area contributed by atoms with E-state index >= 15 is 0 Å². The van der Waals surface area contributed by atoms with Crippen molar-refractivity contribution in [2.75, 3.05) is 27.2 Å². The van der Waals surface area contributed by atoms with Gasteiger partial charge < -0.3 is 30.1 Å². The predicted octanol–water partition coefficient (Wildman–Crippen LogP) is 2.41. The largest absolute Gasteiger partial charge is 0.481 e. The number of aryl methyl sites for hydroxylation is 1. The third-order valence-corrected chi connectivity index (χ3v) is 4.57. The van der Waals surface area contributed by atoms with E-state index in [0.29, 0.717) is 13.2 Å². The molecule has 0 aliphatic carbocycles. The molecule has 9 nitrogen and oxygen atoms in total. The summed E-state index contributed by atoms with van der Waals surface area (Å²) in [6.45, 7) is 0.673. The summed E-state index contributed by atoms with van der Waals surface area (Å²) < 4.78 is 28.2. The summed E-state index contributed by atoms with van der Waals surface area (Å²) in [6, 6.07) is 18.1. The Balaban J connectivity index is 0.000000426. The highest BCUT2D eigenvalue weighted by Gasteiger charge is 2.40. The molecule has 1 atom stereocenters. The van der Waals surface area contributed by atoms with E-state index in [-0.39, 0.29) is 6.10 Å². The third-order valence-electron chi connectivity index (χ3n) is 4.57. The zero-order valence-corrected chi connectivity index (χ0v) is 18.5. The first kappa shape index (κ1) is 22.9. The number of aliphatic carboxylic acids is 3. The van der Waals surface area contributed by atoms with Crippen LogP contribution in [-0.4, -0.2) is 76.0 Å². The number of carboxylic acids is 3. The van der Waals surface area contributed by atoms with Crippen molar-refractivity contribution >= 4 is 17.9 Å². The quantitative estimate of drug-likeness (QED) is 0.394. The Labute approximate surface area is 197 Å². The van der Waals surface area contributed by atoms with Gasteiger partial charge in [-0.3, -0.25) is 9.59 Å². The van der Waals surface area contributed by atoms with Crippen molar-refractivity contribution in [3.8, 4) is 0 Å². The maximum atomic E-state index is 10.3. The van der Waals surface area contributed by atoms with Gasteiger partial charge in [0.25, 0.3) is 0 Å². The second-order valence-corrected chi connectivity index (χ2v) is 7.42. The molecule has 0 spiro atoms. The number of likely N-dealkylation sites (N-methyl/N-ethyl adjacent to an activating group) is 1. The van der Waals surface area contributed by atoms with Crippen LogP contribution in [-0.2, 0) is 19.1 Å². The van der Waals surface area contributed by atoms with E-state index in [0.717, 1.165) is 16.7 Å². The molecule has 1 unspecified atom stereocenters. The van der Waals surface area contributed by atoms with Crippen LogP contribution in [0.25, 0.3) is 0 Å². The summed E-state index contributed by atoms with van der Waals surface area (Å²) >= 11 is 0. The molecular weight excluding hydrogens is 430 g/mol. The fourth-order valence-corrected chi connectivity index (χ4v) is 2.90. The predicted molar refractivity (Wildman–Crippen MR) is 121 cm³/mol. The highest BCUT2D eigenvalue weighted by atomic mass is 16.5. The molecule has 9 heteroatoms. The fourth-order valence-electron chi connectivity index (χ4n) is 2.90. The molecular formula is C24H31NO8. The van der Waals surface area contributed by atoms with Crippen LogP contribution in [0.15, 0.2) is 54.6 Å². The maximum Gasteiger partial charge on any atom is 0.336 e. The van der Waals surface area contributed by atoms with Gasteiger partial charge in [0.2, 0.25) is 0 Å². The molecule has 0 bridgehead atoms. The van der Waals surface area contributed by atoms with Crippen LogP contribution >= 0.6 is 0 Å². The minimum Gasteiger partial charge on any atom is -0.481 e. The van der Waals surface area contributed by atoms with E-state index < -0.39 is 43.3 Å². The van der Waals surface area contributed by atoms with E-state index in [1.807, 2.05) is 42.5 Å². The van der Waals surface area contributed by atoms with Crippen molar-refractivity contribution in [2.24, 2.45) is 0 Å². The van der Waals surface area contributed by atoms with Gasteiger partial charge in [-0.05, 0) is 37.6 Å². The van der Waals surface area contributed by atoms with Gasteiger partial charge in [-0.2, -0.15) is 0 Å². The monoisotopic (exact) mass is 464 g/mol. The summed E-state index contributed by atoms with van der Waals surface area (Å²) in [5, 5.41) is 33.8. The van der Waals surface area contributed by atoms with Gasteiger partial charge >= 0.3 is 17.9 Å². The molecule has 4 N–H and O–H groups in total. The molecule has 0 aliphatic rings. The number of carbonyl (C=O) groups is 3. The number of benzene rings is 2. The van der Waals surface area contributed by atoms with E-state index in [1.165, 1.54) is 4.90 Å². The number of aliphatic hydroxyl groups is 1. The Morgan fingerprint density at radius 3 is 2.03 bits per heavy atom. The van der Waals surface area contributed by atoms with Crippen LogP contribution in [0.4, 0.5) is 0 Å². The van der Waals surface area contributed by atoms with E-state index in [2.05, 4.69) is 19.1 Å². The van der Waals surface area contributed by atoms with Gasteiger partial charge in [0.05, 0.1) is 19.4 Å². The lowest BCUT2D eigenvalue weighted by Crippen LogP contribution is -2.42. The summed E-state index contributed by atoms with van der Waals surface area (Å²) in [5.41, 5.74) is 0.594. The molecule has 0 radical (unpaired) electrons. The first-order valence-corrected chi connectivity index (χ1v) is 10.00. The second-order valence-electron chi connectivity index (χ2n) is 7.42. The Morgan fingerprint density at radius 2 is 1.55 bits per heavy atom. The van der Waals surface area contributed by atoms with Gasteiger partial charge in [-0.1, -0.05) is 54.6 Å². The molecule has 0 aromatic heterocycles. The Bertz CT molecular complexity index is 998. The number of carboxylic acid groups (broad SMARTS) is 3. The molecule has 2 aromatic rings. The van der Waals surface area contributed by atoms with Crippen molar-refractivity contribution in [2.45, 2.75) is 31.5 Å². The van der Waals surface area contributed by atoms with Gasteiger partial charge in [0.15, 0.2) is 5.60 Å². The van der Waals surface area contributed by atoms with Crippen LogP contribution in [0, 0.1) is 6.92 Å². The smallest absolute Gasteiger partial charge is 0.336 e. The molecule has 0 amide bonds. The molecule has 0 heterocycles. The summed E-state index contributed by atoms with van der Waals surface area (Å²) in [7, 11) is 1.58. The number of hydrogen-bond acceptors (Lipinski definition) is 6. The summed E-state index contributed by atoms with van der Waals surface area (Å²) in [6.07, 6.45) is -2.48. The molecule has 0 aliphatic heterocycles. The van der Waals surface area contributed by atoms with Gasteiger partial charge in [0.1, 0.15) is 6.10 Å². The van der Waals surface area contributed by atoms with Crippen LogP contribution in [0.5, 0.6) is 0 Å². The van der Waals surface area contributed by atoms with Crippen LogP contribution < -0.4 is 0 Å². The Hall–Kier alpha value is -3.27. The highest BCUT2D eigenvalue weighted by Crippen LogP contribution is 2.28. The maximum absolute atomic E-state index is 10.3. The van der Waals surface area contributed by atoms with Gasteiger partial charge in [-0.15, -0.1) is 0 Å². The average Bonchev–Trinajstić information content (AvgIpc) is 2.76. The van der Waals surface area contributed by atoms with E-state index in [4.69, 9.17) is 29.3 Å². The topological polar surface area (TPSA) is 145 Å². The third kappa shape index (κ3) is 9.82. The number of hydrogen-bond donors (Lipinski definition) is 4. The SMILES string of the molecule is O=C(O)CC(O)(CC(=O)O)C(=O)O.[2H]C([2H])([2H])N(C)CCOC(c1ccccc1)c1ccccc1C. The van der Waals surface area contributed by atoms with Crippen molar-refractivity contribution in [1.29, 1.82) is 0 Å². The molecule has 0 saturated carbocycles. The number of rotatable bonds is 11. The fraction of sp³-hybridized carbons (Fsp3) is 0.375. The lowest BCUT2D eigenvalue weighted by Gasteiger charge is -2.22. The Morgan fingerprint density at radius 1 is 1.00 bits per heavy atom. The van der Waals surface area contributed by atoms with Crippen LogP contribution in [0.1, 0.15) is 39.7 Å². The van der Waals surface area contributed by atoms with Crippen molar-refractivity contribution in [1.82, 2.24) is 4.90 Å². The van der Waals surface area contributed by atoms with Crippen molar-refractivity contribution in [3.05, 3.63) is 71.3 Å². The number of nitrogens with zero attached hydrogens (tertiary/aromatic N) is 1. The normalized spacial score (nSPS) is 13.6. The summed E-state index contributed by atoms with van der Waals surface area (Å²) in [4.78, 5) is 31.8. The second kappa shape index (κ2) is 13.3. The van der Waals surface area contributed by atoms with Gasteiger partial charge in [-0.25, -0.2) is 4.79 Å². The van der Waals surface area contributed by atoms with Crippen molar-refractivity contribution in [3.63, 3.8) is 0 Å².